The Morgan fingerprint density at radius 2 is 1.76 bits per heavy atom. The van der Waals surface area contributed by atoms with E-state index in [1.807, 2.05) is 6.07 Å². The summed E-state index contributed by atoms with van der Waals surface area (Å²) in [6, 6.07) is 11.7. The highest BCUT2D eigenvalue weighted by Gasteiger charge is 2.16. The lowest BCUT2D eigenvalue weighted by Gasteiger charge is -2.13. The fourth-order valence-corrected chi connectivity index (χ4v) is 1.82. The first-order valence-corrected chi connectivity index (χ1v) is 6.16. The van der Waals surface area contributed by atoms with E-state index in [0.29, 0.717) is 5.56 Å². The third kappa shape index (κ3) is 3.37. The molecule has 0 aliphatic rings. The van der Waals surface area contributed by atoms with Crippen LogP contribution in [0.5, 0.6) is 5.75 Å². The standard InChI is InChI=1S/C15H14N2O4/c16-13(9-4-2-1-3-5-9)14(19)17-10-6-7-11(15(20)21)12(18)8-10/h1-8,13,18H,16H2,(H,17,19)(H,20,21)/t13-/m1/s1. The Morgan fingerprint density at radius 1 is 1.10 bits per heavy atom. The Kier molecular flexibility index (Phi) is 4.20. The minimum absolute atomic E-state index is 0.236. The van der Waals surface area contributed by atoms with Gasteiger partial charge in [0.25, 0.3) is 0 Å². The second-order valence-corrected chi connectivity index (χ2v) is 4.41. The van der Waals surface area contributed by atoms with Crippen LogP contribution in [0.4, 0.5) is 5.69 Å². The van der Waals surface area contributed by atoms with Crippen LogP contribution in [0.2, 0.25) is 0 Å². The molecule has 2 rings (SSSR count). The molecular weight excluding hydrogens is 272 g/mol. The molecule has 0 aliphatic carbocycles. The van der Waals surface area contributed by atoms with E-state index in [9.17, 15) is 14.7 Å². The molecule has 0 fully saturated rings. The molecule has 6 nitrogen and oxygen atoms in total. The van der Waals surface area contributed by atoms with Gasteiger partial charge in [0.15, 0.2) is 0 Å². The van der Waals surface area contributed by atoms with Gasteiger partial charge in [-0.25, -0.2) is 4.79 Å². The topological polar surface area (TPSA) is 113 Å². The van der Waals surface area contributed by atoms with Crippen LogP contribution in [0.1, 0.15) is 22.0 Å². The molecule has 5 N–H and O–H groups in total. The summed E-state index contributed by atoms with van der Waals surface area (Å²) in [6.07, 6.45) is 0. The van der Waals surface area contributed by atoms with Crippen molar-refractivity contribution in [2.24, 2.45) is 5.73 Å². The monoisotopic (exact) mass is 286 g/mol. The minimum Gasteiger partial charge on any atom is -0.507 e. The zero-order chi connectivity index (χ0) is 15.4. The van der Waals surface area contributed by atoms with E-state index in [0.717, 1.165) is 0 Å². The first kappa shape index (κ1) is 14.5. The summed E-state index contributed by atoms with van der Waals surface area (Å²) in [5, 5.41) is 20.9. The number of hydrogen-bond donors (Lipinski definition) is 4. The van der Waals surface area contributed by atoms with Crippen LogP contribution in [0, 0.1) is 0 Å². The average Bonchev–Trinajstić information content (AvgIpc) is 2.47. The quantitative estimate of drug-likeness (QED) is 0.683. The second kappa shape index (κ2) is 6.06. The van der Waals surface area contributed by atoms with Crippen molar-refractivity contribution in [3.8, 4) is 5.75 Å². The number of carbonyl (C=O) groups excluding carboxylic acids is 1. The lowest BCUT2D eigenvalue weighted by atomic mass is 10.1. The number of rotatable bonds is 4. The lowest BCUT2D eigenvalue weighted by molar-refractivity contribution is -0.117. The number of amides is 1. The molecule has 0 saturated heterocycles. The van der Waals surface area contributed by atoms with Crippen molar-refractivity contribution in [2.75, 3.05) is 5.32 Å². The first-order chi connectivity index (χ1) is 9.99. The molecule has 1 amide bonds. The van der Waals surface area contributed by atoms with Gasteiger partial charge in [0.05, 0.1) is 0 Å². The number of benzene rings is 2. The van der Waals surface area contributed by atoms with Crippen molar-refractivity contribution >= 4 is 17.6 Å². The highest BCUT2D eigenvalue weighted by molar-refractivity contribution is 5.97. The molecule has 0 unspecified atom stereocenters. The highest BCUT2D eigenvalue weighted by atomic mass is 16.4. The number of carboxylic acids is 1. The SMILES string of the molecule is N[C@@H](C(=O)Nc1ccc(C(=O)O)c(O)c1)c1ccccc1. The van der Waals surface area contributed by atoms with Crippen LogP contribution >= 0.6 is 0 Å². The van der Waals surface area contributed by atoms with E-state index in [1.54, 1.807) is 24.3 Å². The molecule has 2 aromatic carbocycles. The van der Waals surface area contributed by atoms with Crippen LogP contribution in [-0.4, -0.2) is 22.1 Å². The summed E-state index contributed by atoms with van der Waals surface area (Å²) < 4.78 is 0. The van der Waals surface area contributed by atoms with Gasteiger partial charge in [-0.2, -0.15) is 0 Å². The van der Waals surface area contributed by atoms with Crippen LogP contribution < -0.4 is 11.1 Å². The van der Waals surface area contributed by atoms with Gasteiger partial charge in [0, 0.05) is 11.8 Å². The molecule has 1 atom stereocenters. The third-order valence-corrected chi connectivity index (χ3v) is 2.94. The van der Waals surface area contributed by atoms with Crippen LogP contribution in [0.3, 0.4) is 0 Å². The van der Waals surface area contributed by atoms with Gasteiger partial charge in [0.2, 0.25) is 5.91 Å². The number of hydrogen-bond acceptors (Lipinski definition) is 4. The number of aromatic carboxylic acids is 1. The lowest BCUT2D eigenvalue weighted by Crippen LogP contribution is -2.27. The summed E-state index contributed by atoms with van der Waals surface area (Å²) in [5.74, 6) is -2.12. The Hall–Kier alpha value is -2.86. The smallest absolute Gasteiger partial charge is 0.339 e. The Morgan fingerprint density at radius 3 is 2.33 bits per heavy atom. The van der Waals surface area contributed by atoms with Crippen molar-refractivity contribution in [1.29, 1.82) is 0 Å². The number of phenols is 1. The number of anilines is 1. The van der Waals surface area contributed by atoms with E-state index in [1.165, 1.54) is 18.2 Å². The summed E-state index contributed by atoms with van der Waals surface area (Å²) in [5.41, 5.74) is 6.52. The van der Waals surface area contributed by atoms with Crippen molar-refractivity contribution in [2.45, 2.75) is 6.04 Å². The third-order valence-electron chi connectivity index (χ3n) is 2.94. The molecule has 0 bridgehead atoms. The number of carboxylic acid groups (broad SMARTS) is 1. The van der Waals surface area contributed by atoms with Crippen molar-refractivity contribution in [3.63, 3.8) is 0 Å². The summed E-state index contributed by atoms with van der Waals surface area (Å²) >= 11 is 0. The zero-order valence-corrected chi connectivity index (χ0v) is 11.0. The largest absolute Gasteiger partial charge is 0.507 e. The molecule has 0 aromatic heterocycles. The number of nitrogens with one attached hydrogen (secondary N) is 1. The van der Waals surface area contributed by atoms with Gasteiger partial charge >= 0.3 is 5.97 Å². The summed E-state index contributed by atoms with van der Waals surface area (Å²) in [7, 11) is 0. The normalized spacial score (nSPS) is 11.7. The van der Waals surface area contributed by atoms with Crippen LogP contribution in [-0.2, 0) is 4.79 Å². The fourth-order valence-electron chi connectivity index (χ4n) is 1.82. The van der Waals surface area contributed by atoms with Gasteiger partial charge < -0.3 is 21.3 Å². The van der Waals surface area contributed by atoms with E-state index < -0.39 is 23.7 Å². The van der Waals surface area contributed by atoms with E-state index in [2.05, 4.69) is 5.32 Å². The highest BCUT2D eigenvalue weighted by Crippen LogP contribution is 2.22. The van der Waals surface area contributed by atoms with Crippen LogP contribution in [0.25, 0.3) is 0 Å². The van der Waals surface area contributed by atoms with Gasteiger partial charge in [0.1, 0.15) is 17.4 Å². The molecule has 21 heavy (non-hydrogen) atoms. The van der Waals surface area contributed by atoms with Gasteiger partial charge in [-0.1, -0.05) is 30.3 Å². The van der Waals surface area contributed by atoms with Crippen molar-refractivity contribution in [3.05, 3.63) is 59.7 Å². The molecule has 2 aromatic rings. The molecular formula is C15H14N2O4. The number of aromatic hydroxyl groups is 1. The molecule has 6 heteroatoms. The number of nitrogens with two attached hydrogens (primary N) is 1. The van der Waals surface area contributed by atoms with Gasteiger partial charge in [-0.15, -0.1) is 0 Å². The average molecular weight is 286 g/mol. The van der Waals surface area contributed by atoms with Crippen LogP contribution in [0.15, 0.2) is 48.5 Å². The van der Waals surface area contributed by atoms with E-state index in [-0.39, 0.29) is 11.3 Å². The fraction of sp³-hybridized carbons (Fsp3) is 0.0667. The maximum atomic E-state index is 12.0. The maximum absolute atomic E-state index is 12.0. The molecule has 0 heterocycles. The van der Waals surface area contributed by atoms with Gasteiger partial charge in [-0.3, -0.25) is 4.79 Å². The summed E-state index contributed by atoms with van der Waals surface area (Å²) in [6.45, 7) is 0. The molecule has 0 saturated carbocycles. The first-order valence-electron chi connectivity index (χ1n) is 6.16. The predicted molar refractivity (Wildman–Crippen MR) is 77.1 cm³/mol. The minimum atomic E-state index is -1.24. The van der Waals surface area contributed by atoms with Gasteiger partial charge in [-0.05, 0) is 17.7 Å². The van der Waals surface area contributed by atoms with E-state index in [4.69, 9.17) is 10.8 Å². The Labute approximate surface area is 120 Å². The van der Waals surface area contributed by atoms with E-state index >= 15 is 0 Å². The van der Waals surface area contributed by atoms with Crippen molar-refractivity contribution in [1.82, 2.24) is 0 Å². The summed E-state index contributed by atoms with van der Waals surface area (Å²) in [4.78, 5) is 22.8. The maximum Gasteiger partial charge on any atom is 0.339 e. The second-order valence-electron chi connectivity index (χ2n) is 4.41. The molecule has 0 spiro atoms. The Bertz CT molecular complexity index is 671. The Balaban J connectivity index is 2.13. The predicted octanol–water partition coefficient (Wildman–Crippen LogP) is 1.73. The number of carbonyl (C=O) groups is 2. The molecule has 0 radical (unpaired) electrons. The molecule has 0 aliphatic heterocycles. The molecule has 108 valence electrons. The zero-order valence-electron chi connectivity index (χ0n) is 11.0. The van der Waals surface area contributed by atoms with Crippen molar-refractivity contribution < 1.29 is 19.8 Å².